The van der Waals surface area contributed by atoms with Crippen molar-refractivity contribution in [3.8, 4) is 11.5 Å². The molecule has 0 saturated heterocycles. The van der Waals surface area contributed by atoms with Crippen LogP contribution in [0.4, 0.5) is 0 Å². The number of H-pyrrole nitrogens is 1. The van der Waals surface area contributed by atoms with E-state index in [1.165, 1.54) is 0 Å². The minimum absolute atomic E-state index is 0.134. The fraction of sp³-hybridized carbons (Fsp3) is 0.500. The third-order valence-corrected chi connectivity index (χ3v) is 3.59. The van der Waals surface area contributed by atoms with E-state index in [1.807, 2.05) is 20.8 Å². The molecule has 0 bridgehead atoms. The zero-order chi connectivity index (χ0) is 17.7. The van der Waals surface area contributed by atoms with Crippen LogP contribution in [0.2, 0.25) is 0 Å². The van der Waals surface area contributed by atoms with Crippen molar-refractivity contribution in [3.63, 3.8) is 0 Å². The van der Waals surface area contributed by atoms with Crippen molar-refractivity contribution in [1.82, 2.24) is 25.5 Å². The van der Waals surface area contributed by atoms with E-state index in [2.05, 4.69) is 20.6 Å². The van der Waals surface area contributed by atoms with Gasteiger partial charge < -0.3 is 14.4 Å². The number of nitrogens with zero attached hydrogens (tertiary/aromatic N) is 4. The molecule has 0 spiro atoms. The molecule has 0 saturated carbocycles. The standard InChI is InChI=1S/C16H23N5O3/c1-10(2)8-21(9-15-17-19-20-18-15)16(22)12-6-13(23-4)11(3)14(7-12)24-5/h6-7,10H,8-9H2,1-5H3,(H,17,18,19,20). The van der Waals surface area contributed by atoms with E-state index in [1.54, 1.807) is 31.3 Å². The lowest BCUT2D eigenvalue weighted by atomic mass is 10.1. The second-order valence-electron chi connectivity index (χ2n) is 5.91. The largest absolute Gasteiger partial charge is 0.496 e. The number of methoxy groups -OCH3 is 2. The van der Waals surface area contributed by atoms with E-state index >= 15 is 0 Å². The quantitative estimate of drug-likeness (QED) is 0.831. The molecule has 8 heteroatoms. The number of rotatable bonds is 7. The highest BCUT2D eigenvalue weighted by Gasteiger charge is 2.21. The van der Waals surface area contributed by atoms with Crippen molar-refractivity contribution >= 4 is 5.91 Å². The molecule has 2 aromatic rings. The molecule has 0 aliphatic heterocycles. The summed E-state index contributed by atoms with van der Waals surface area (Å²) in [4.78, 5) is 14.7. The Balaban J connectivity index is 2.34. The number of nitrogens with one attached hydrogen (secondary N) is 1. The third-order valence-electron chi connectivity index (χ3n) is 3.59. The molecule has 0 aliphatic carbocycles. The molecule has 8 nitrogen and oxygen atoms in total. The second kappa shape index (κ2) is 7.76. The van der Waals surface area contributed by atoms with Crippen LogP contribution in [0.5, 0.6) is 11.5 Å². The summed E-state index contributed by atoms with van der Waals surface area (Å²) in [6.45, 7) is 6.84. The van der Waals surface area contributed by atoms with Crippen LogP contribution in [-0.4, -0.2) is 52.2 Å². The fourth-order valence-corrected chi connectivity index (χ4v) is 2.47. The molecule has 1 aromatic heterocycles. The topological polar surface area (TPSA) is 93.2 Å². The Morgan fingerprint density at radius 3 is 2.33 bits per heavy atom. The summed E-state index contributed by atoms with van der Waals surface area (Å²) in [5.74, 6) is 1.86. The number of benzene rings is 1. The number of carbonyl (C=O) groups excluding carboxylic acids is 1. The summed E-state index contributed by atoms with van der Waals surface area (Å²) in [6.07, 6.45) is 0. The van der Waals surface area contributed by atoms with Gasteiger partial charge in [-0.15, -0.1) is 10.2 Å². The summed E-state index contributed by atoms with van der Waals surface area (Å²) in [6, 6.07) is 3.45. The Hall–Kier alpha value is -2.64. The van der Waals surface area contributed by atoms with Crippen molar-refractivity contribution in [2.75, 3.05) is 20.8 Å². The molecule has 1 amide bonds. The zero-order valence-corrected chi connectivity index (χ0v) is 14.7. The predicted molar refractivity (Wildman–Crippen MR) is 88.0 cm³/mol. The highest BCUT2D eigenvalue weighted by atomic mass is 16.5. The van der Waals surface area contributed by atoms with Crippen molar-refractivity contribution in [3.05, 3.63) is 29.1 Å². The summed E-state index contributed by atoms with van der Waals surface area (Å²) in [5.41, 5.74) is 1.35. The van der Waals surface area contributed by atoms with Crippen molar-refractivity contribution < 1.29 is 14.3 Å². The molecule has 0 unspecified atom stereocenters. The highest BCUT2D eigenvalue weighted by molar-refractivity contribution is 5.95. The molecule has 1 N–H and O–H groups in total. The van der Waals surface area contributed by atoms with Crippen LogP contribution in [0.1, 0.15) is 35.6 Å². The maximum Gasteiger partial charge on any atom is 0.254 e. The first kappa shape index (κ1) is 17.7. The molecule has 0 radical (unpaired) electrons. The highest BCUT2D eigenvalue weighted by Crippen LogP contribution is 2.30. The summed E-state index contributed by atoms with van der Waals surface area (Å²) >= 11 is 0. The first-order valence-corrected chi connectivity index (χ1v) is 7.70. The average Bonchev–Trinajstić information content (AvgIpc) is 3.06. The van der Waals surface area contributed by atoms with Gasteiger partial charge in [0.15, 0.2) is 5.82 Å². The lowest BCUT2D eigenvalue weighted by Crippen LogP contribution is -2.34. The van der Waals surface area contributed by atoms with Gasteiger partial charge in [0.05, 0.1) is 20.8 Å². The zero-order valence-electron chi connectivity index (χ0n) is 14.7. The van der Waals surface area contributed by atoms with Crippen molar-refractivity contribution in [2.24, 2.45) is 5.92 Å². The van der Waals surface area contributed by atoms with Gasteiger partial charge in [0.25, 0.3) is 5.91 Å². The lowest BCUT2D eigenvalue weighted by molar-refractivity contribution is 0.0717. The van der Waals surface area contributed by atoms with E-state index < -0.39 is 0 Å². The number of aromatic nitrogens is 4. The van der Waals surface area contributed by atoms with E-state index in [9.17, 15) is 4.79 Å². The van der Waals surface area contributed by atoms with E-state index in [0.717, 1.165) is 5.56 Å². The molecular formula is C16H23N5O3. The smallest absolute Gasteiger partial charge is 0.254 e. The Kier molecular flexibility index (Phi) is 5.73. The van der Waals surface area contributed by atoms with Gasteiger partial charge in [-0.25, -0.2) is 0 Å². The van der Waals surface area contributed by atoms with Crippen LogP contribution < -0.4 is 9.47 Å². The van der Waals surface area contributed by atoms with Crippen LogP contribution in [0.3, 0.4) is 0 Å². The molecule has 24 heavy (non-hydrogen) atoms. The molecule has 1 heterocycles. The minimum Gasteiger partial charge on any atom is -0.496 e. The van der Waals surface area contributed by atoms with Gasteiger partial charge in [-0.1, -0.05) is 19.1 Å². The Morgan fingerprint density at radius 2 is 1.88 bits per heavy atom. The number of amides is 1. The second-order valence-corrected chi connectivity index (χ2v) is 5.91. The normalized spacial score (nSPS) is 10.8. The first-order valence-electron chi connectivity index (χ1n) is 7.70. The number of hydrogen-bond donors (Lipinski definition) is 1. The SMILES string of the molecule is COc1cc(C(=O)N(Cc2nn[nH]n2)CC(C)C)cc(OC)c1C. The van der Waals surface area contributed by atoms with Crippen LogP contribution >= 0.6 is 0 Å². The minimum atomic E-state index is -0.134. The van der Waals surface area contributed by atoms with Gasteiger partial charge in [0.2, 0.25) is 0 Å². The summed E-state index contributed by atoms with van der Waals surface area (Å²) < 4.78 is 10.7. The van der Waals surface area contributed by atoms with Gasteiger partial charge in [-0.2, -0.15) is 5.21 Å². The monoisotopic (exact) mass is 333 g/mol. The molecule has 2 rings (SSSR count). The van der Waals surface area contributed by atoms with Gasteiger partial charge in [0.1, 0.15) is 11.5 Å². The Bertz CT molecular complexity index is 660. The Labute approximate surface area is 141 Å². The van der Waals surface area contributed by atoms with Gasteiger partial charge >= 0.3 is 0 Å². The van der Waals surface area contributed by atoms with Crippen LogP contribution in [-0.2, 0) is 6.54 Å². The molecule has 1 aromatic carbocycles. The number of aromatic amines is 1. The van der Waals surface area contributed by atoms with Gasteiger partial charge in [0, 0.05) is 17.7 Å². The molecule has 0 fully saturated rings. The maximum absolute atomic E-state index is 13.0. The van der Waals surface area contributed by atoms with Gasteiger partial charge in [-0.3, -0.25) is 4.79 Å². The van der Waals surface area contributed by atoms with E-state index in [0.29, 0.717) is 35.3 Å². The fourth-order valence-electron chi connectivity index (χ4n) is 2.47. The molecule has 0 aliphatic rings. The molecular weight excluding hydrogens is 310 g/mol. The van der Waals surface area contributed by atoms with E-state index in [-0.39, 0.29) is 12.5 Å². The number of ether oxygens (including phenoxy) is 2. The molecule has 130 valence electrons. The van der Waals surface area contributed by atoms with Crippen molar-refractivity contribution in [2.45, 2.75) is 27.3 Å². The van der Waals surface area contributed by atoms with Crippen LogP contribution in [0.25, 0.3) is 0 Å². The summed E-state index contributed by atoms with van der Waals surface area (Å²) in [7, 11) is 3.14. The Morgan fingerprint density at radius 1 is 1.25 bits per heavy atom. The van der Waals surface area contributed by atoms with Gasteiger partial charge in [-0.05, 0) is 25.0 Å². The maximum atomic E-state index is 13.0. The van der Waals surface area contributed by atoms with E-state index in [4.69, 9.17) is 9.47 Å². The molecule has 0 atom stereocenters. The first-order chi connectivity index (χ1) is 11.5. The number of carbonyl (C=O) groups is 1. The van der Waals surface area contributed by atoms with Crippen molar-refractivity contribution in [1.29, 1.82) is 0 Å². The van der Waals surface area contributed by atoms with Crippen LogP contribution in [0.15, 0.2) is 12.1 Å². The predicted octanol–water partition coefficient (Wildman–Crippen LogP) is 1.82. The lowest BCUT2D eigenvalue weighted by Gasteiger charge is -2.24. The number of hydrogen-bond acceptors (Lipinski definition) is 6. The average molecular weight is 333 g/mol. The van der Waals surface area contributed by atoms with Crippen LogP contribution in [0, 0.1) is 12.8 Å². The summed E-state index contributed by atoms with van der Waals surface area (Å²) in [5, 5.41) is 13.8. The third kappa shape index (κ3) is 4.01. The number of tetrazole rings is 1.